The van der Waals surface area contributed by atoms with Crippen LogP contribution in [0, 0.1) is 5.82 Å². The molecule has 3 aliphatic carbocycles. The van der Waals surface area contributed by atoms with Crippen molar-refractivity contribution in [3.63, 3.8) is 0 Å². The molecule has 27 heavy (non-hydrogen) atoms. The molecule has 4 fully saturated rings. The SMILES string of the molecule is CC1NCC(C(=O)NC23CC(NC(=O)COc4ccc(Cl)c(F)c4)(C2)C3)O1. The number of hydrogen-bond donors (Lipinski definition) is 3. The molecular weight excluding hydrogens is 377 g/mol. The van der Waals surface area contributed by atoms with Crippen LogP contribution in [0.3, 0.4) is 0 Å². The minimum Gasteiger partial charge on any atom is -0.484 e. The smallest absolute Gasteiger partial charge is 0.258 e. The Morgan fingerprint density at radius 1 is 1.33 bits per heavy atom. The van der Waals surface area contributed by atoms with Crippen molar-refractivity contribution in [1.29, 1.82) is 0 Å². The van der Waals surface area contributed by atoms with Gasteiger partial charge in [-0.2, -0.15) is 0 Å². The highest BCUT2D eigenvalue weighted by Gasteiger charge is 2.69. The Balaban J connectivity index is 1.20. The quantitative estimate of drug-likeness (QED) is 0.669. The highest BCUT2D eigenvalue weighted by molar-refractivity contribution is 6.30. The summed E-state index contributed by atoms with van der Waals surface area (Å²) in [6.07, 6.45) is 1.51. The number of carbonyl (C=O) groups excluding carboxylic acids is 2. The summed E-state index contributed by atoms with van der Waals surface area (Å²) in [7, 11) is 0. The van der Waals surface area contributed by atoms with E-state index in [9.17, 15) is 14.0 Å². The molecule has 7 nitrogen and oxygen atoms in total. The first-order valence-electron chi connectivity index (χ1n) is 8.88. The van der Waals surface area contributed by atoms with Crippen molar-refractivity contribution in [2.75, 3.05) is 13.2 Å². The van der Waals surface area contributed by atoms with Gasteiger partial charge in [0.2, 0.25) is 0 Å². The number of nitrogens with one attached hydrogen (secondary N) is 3. The monoisotopic (exact) mass is 397 g/mol. The van der Waals surface area contributed by atoms with E-state index in [-0.39, 0.29) is 46.5 Å². The Morgan fingerprint density at radius 3 is 2.67 bits per heavy atom. The highest BCUT2D eigenvalue weighted by Crippen LogP contribution is 2.60. The lowest BCUT2D eigenvalue weighted by atomic mass is 9.44. The van der Waals surface area contributed by atoms with Gasteiger partial charge in [-0.1, -0.05) is 11.6 Å². The first-order chi connectivity index (χ1) is 12.8. The predicted molar refractivity (Wildman–Crippen MR) is 94.8 cm³/mol. The number of amides is 2. The average molecular weight is 398 g/mol. The van der Waals surface area contributed by atoms with Crippen molar-refractivity contribution in [2.45, 2.75) is 49.6 Å². The van der Waals surface area contributed by atoms with Crippen molar-refractivity contribution in [3.8, 4) is 5.75 Å². The zero-order valence-electron chi connectivity index (χ0n) is 14.8. The molecule has 1 aromatic rings. The maximum atomic E-state index is 13.4. The van der Waals surface area contributed by atoms with E-state index in [2.05, 4.69) is 16.0 Å². The lowest BCUT2D eigenvalue weighted by Gasteiger charge is -2.70. The fourth-order valence-corrected chi connectivity index (χ4v) is 4.33. The maximum absolute atomic E-state index is 13.4. The number of hydrogen-bond acceptors (Lipinski definition) is 5. The lowest BCUT2D eigenvalue weighted by Crippen LogP contribution is -2.84. The topological polar surface area (TPSA) is 88.7 Å². The Bertz CT molecular complexity index is 770. The molecule has 2 unspecified atom stereocenters. The fraction of sp³-hybridized carbons (Fsp3) is 0.556. The summed E-state index contributed by atoms with van der Waals surface area (Å²) in [5.74, 6) is -0.739. The van der Waals surface area contributed by atoms with E-state index in [1.807, 2.05) is 6.92 Å². The zero-order valence-corrected chi connectivity index (χ0v) is 15.6. The molecule has 2 amide bonds. The second kappa shape index (κ2) is 6.61. The molecule has 146 valence electrons. The van der Waals surface area contributed by atoms with Crippen molar-refractivity contribution in [2.24, 2.45) is 0 Å². The third-order valence-electron chi connectivity index (χ3n) is 5.34. The number of benzene rings is 1. The van der Waals surface area contributed by atoms with E-state index in [1.165, 1.54) is 12.1 Å². The molecule has 0 spiro atoms. The van der Waals surface area contributed by atoms with E-state index >= 15 is 0 Å². The van der Waals surface area contributed by atoms with Crippen LogP contribution in [0.5, 0.6) is 5.75 Å². The number of ether oxygens (including phenoxy) is 2. The molecular formula is C18H21ClFN3O4. The second-order valence-electron chi connectivity index (χ2n) is 7.67. The van der Waals surface area contributed by atoms with Gasteiger partial charge in [0.15, 0.2) is 12.7 Å². The first kappa shape index (κ1) is 18.5. The van der Waals surface area contributed by atoms with Crippen LogP contribution < -0.4 is 20.7 Å². The van der Waals surface area contributed by atoms with Crippen LogP contribution in [0.15, 0.2) is 18.2 Å². The van der Waals surface area contributed by atoms with Crippen molar-refractivity contribution >= 4 is 23.4 Å². The molecule has 1 aliphatic heterocycles. The summed E-state index contributed by atoms with van der Waals surface area (Å²) in [5, 5.41) is 9.07. The Morgan fingerprint density at radius 2 is 2.04 bits per heavy atom. The molecule has 3 saturated carbocycles. The van der Waals surface area contributed by atoms with Gasteiger partial charge in [-0.15, -0.1) is 0 Å². The molecule has 2 atom stereocenters. The van der Waals surface area contributed by atoms with Crippen LogP contribution in [-0.2, 0) is 14.3 Å². The van der Waals surface area contributed by atoms with Gasteiger partial charge in [0, 0.05) is 23.7 Å². The molecule has 4 aliphatic rings. The molecule has 1 heterocycles. The van der Waals surface area contributed by atoms with Gasteiger partial charge >= 0.3 is 0 Å². The van der Waals surface area contributed by atoms with Gasteiger partial charge in [-0.05, 0) is 38.3 Å². The van der Waals surface area contributed by atoms with Crippen molar-refractivity contribution < 1.29 is 23.5 Å². The standard InChI is InChI=1S/C18H21ClFN3O4/c1-10-21-5-14(27-10)16(25)23-18-7-17(8-18,9-18)22-15(24)6-26-11-2-3-12(19)13(20)4-11/h2-4,10,14,21H,5-9H2,1H3,(H,22,24)(H,23,25). The van der Waals surface area contributed by atoms with E-state index in [1.54, 1.807) is 0 Å². The van der Waals surface area contributed by atoms with Crippen LogP contribution in [0.25, 0.3) is 0 Å². The van der Waals surface area contributed by atoms with Crippen LogP contribution in [0.2, 0.25) is 5.02 Å². The Labute approximate surface area is 160 Å². The van der Waals surface area contributed by atoms with E-state index in [4.69, 9.17) is 21.1 Å². The summed E-state index contributed by atoms with van der Waals surface area (Å²) < 4.78 is 24.2. The van der Waals surface area contributed by atoms with Gasteiger partial charge in [0.05, 0.1) is 5.02 Å². The van der Waals surface area contributed by atoms with Crippen LogP contribution >= 0.6 is 11.6 Å². The van der Waals surface area contributed by atoms with Crippen LogP contribution in [0.4, 0.5) is 4.39 Å². The second-order valence-corrected chi connectivity index (χ2v) is 8.08. The molecule has 9 heteroatoms. The average Bonchev–Trinajstić information content (AvgIpc) is 2.99. The summed E-state index contributed by atoms with van der Waals surface area (Å²) in [4.78, 5) is 24.3. The van der Waals surface area contributed by atoms with Crippen LogP contribution in [-0.4, -0.2) is 48.4 Å². The van der Waals surface area contributed by atoms with Gasteiger partial charge in [0.25, 0.3) is 11.8 Å². The van der Waals surface area contributed by atoms with Gasteiger partial charge in [-0.3, -0.25) is 14.9 Å². The fourth-order valence-electron chi connectivity index (χ4n) is 4.21. The lowest BCUT2D eigenvalue weighted by molar-refractivity contribution is -0.155. The molecule has 0 radical (unpaired) electrons. The summed E-state index contributed by atoms with van der Waals surface area (Å²) in [6, 6.07) is 4.02. The van der Waals surface area contributed by atoms with Crippen molar-refractivity contribution in [3.05, 3.63) is 29.0 Å². The zero-order chi connectivity index (χ0) is 19.2. The summed E-state index contributed by atoms with van der Waals surface area (Å²) >= 11 is 5.61. The normalized spacial score (nSPS) is 33.6. The molecule has 1 aromatic carbocycles. The van der Waals surface area contributed by atoms with Gasteiger partial charge in [-0.25, -0.2) is 4.39 Å². The minimum atomic E-state index is -0.595. The van der Waals surface area contributed by atoms with E-state index in [0.29, 0.717) is 25.8 Å². The van der Waals surface area contributed by atoms with E-state index < -0.39 is 11.9 Å². The molecule has 5 rings (SSSR count). The molecule has 2 bridgehead atoms. The predicted octanol–water partition coefficient (Wildman–Crippen LogP) is 1.10. The summed E-state index contributed by atoms with van der Waals surface area (Å²) in [5.41, 5.74) is -0.513. The molecule has 1 saturated heterocycles. The Kier molecular flexibility index (Phi) is 4.52. The van der Waals surface area contributed by atoms with Crippen molar-refractivity contribution in [1.82, 2.24) is 16.0 Å². The number of halogens is 2. The summed E-state index contributed by atoms with van der Waals surface area (Å²) in [6.45, 7) is 2.16. The number of rotatable bonds is 6. The maximum Gasteiger partial charge on any atom is 0.258 e. The van der Waals surface area contributed by atoms with Gasteiger partial charge < -0.3 is 20.1 Å². The number of carbonyl (C=O) groups is 2. The first-order valence-corrected chi connectivity index (χ1v) is 9.26. The van der Waals surface area contributed by atoms with Gasteiger partial charge in [0.1, 0.15) is 17.8 Å². The highest BCUT2D eigenvalue weighted by atomic mass is 35.5. The minimum absolute atomic E-state index is 0.00116. The van der Waals surface area contributed by atoms with E-state index in [0.717, 1.165) is 6.07 Å². The third kappa shape index (κ3) is 3.61. The van der Waals surface area contributed by atoms with Crippen LogP contribution in [0.1, 0.15) is 26.2 Å². The molecule has 3 N–H and O–H groups in total. The Hall–Kier alpha value is -1.90. The molecule has 0 aromatic heterocycles. The largest absolute Gasteiger partial charge is 0.484 e. The third-order valence-corrected chi connectivity index (χ3v) is 5.64.